The van der Waals surface area contributed by atoms with E-state index in [1.807, 2.05) is 24.8 Å². The lowest BCUT2D eigenvalue weighted by molar-refractivity contribution is 0.447. The highest BCUT2D eigenvalue weighted by Crippen LogP contribution is 2.37. The summed E-state index contributed by atoms with van der Waals surface area (Å²) in [5.74, 6) is 0.578. The van der Waals surface area contributed by atoms with E-state index in [9.17, 15) is 5.11 Å². The van der Waals surface area contributed by atoms with E-state index in [2.05, 4.69) is 40.5 Å². The van der Waals surface area contributed by atoms with Gasteiger partial charge in [0.25, 0.3) is 0 Å². The second-order valence-corrected chi connectivity index (χ2v) is 9.71. The number of phenolic OH excluding ortho intramolecular Hbond substituents is 1. The summed E-state index contributed by atoms with van der Waals surface area (Å²) in [7, 11) is 1.69. The molecule has 2 heterocycles. The number of rotatable bonds is 4. The third-order valence-corrected chi connectivity index (χ3v) is 7.37. The molecule has 0 saturated carbocycles. The van der Waals surface area contributed by atoms with E-state index in [0.717, 1.165) is 41.8 Å². The molecule has 3 aromatic rings. The highest BCUT2D eigenvalue weighted by Gasteiger charge is 2.29. The Kier molecular flexibility index (Phi) is 6.01. The van der Waals surface area contributed by atoms with E-state index < -0.39 is 0 Å². The van der Waals surface area contributed by atoms with Gasteiger partial charge in [0.2, 0.25) is 0 Å². The molecular formula is C24H30N6OS. The third-order valence-electron chi connectivity index (χ3n) is 6.19. The molecule has 8 heteroatoms. The van der Waals surface area contributed by atoms with Crippen LogP contribution in [0, 0.1) is 13.8 Å². The van der Waals surface area contributed by atoms with Crippen molar-refractivity contribution in [2.45, 2.75) is 25.6 Å². The number of hydrogen-bond acceptors (Lipinski definition) is 8. The van der Waals surface area contributed by atoms with Gasteiger partial charge in [-0.3, -0.25) is 10.3 Å². The molecule has 1 aromatic heterocycles. The van der Waals surface area contributed by atoms with E-state index in [0.29, 0.717) is 22.6 Å². The molecule has 168 valence electrons. The van der Waals surface area contributed by atoms with Gasteiger partial charge in [-0.25, -0.2) is 9.97 Å². The minimum atomic E-state index is 0.0344. The van der Waals surface area contributed by atoms with E-state index >= 15 is 0 Å². The lowest BCUT2D eigenvalue weighted by Gasteiger charge is -2.41. The fraction of sp³-hybridized carbons (Fsp3) is 0.375. The number of phenols is 1. The zero-order valence-corrected chi connectivity index (χ0v) is 20.0. The quantitative estimate of drug-likeness (QED) is 0.411. The summed E-state index contributed by atoms with van der Waals surface area (Å²) in [5, 5.41) is 15.4. The number of nitrogen functional groups attached to an aromatic ring is 1. The first-order chi connectivity index (χ1) is 15.3. The maximum Gasteiger partial charge on any atom is 0.163 e. The van der Waals surface area contributed by atoms with Crippen LogP contribution in [0.15, 0.2) is 29.3 Å². The first-order valence-corrected chi connectivity index (χ1v) is 11.9. The predicted molar refractivity (Wildman–Crippen MR) is 136 cm³/mol. The number of aromatic nitrogens is 2. The number of anilines is 2. The van der Waals surface area contributed by atoms with Gasteiger partial charge >= 0.3 is 0 Å². The van der Waals surface area contributed by atoms with Gasteiger partial charge in [0, 0.05) is 66.5 Å². The highest BCUT2D eigenvalue weighted by atomic mass is 32.2. The number of piperazine rings is 1. The van der Waals surface area contributed by atoms with Crippen LogP contribution in [-0.2, 0) is 0 Å². The maximum atomic E-state index is 10.8. The second kappa shape index (κ2) is 8.60. The Morgan fingerprint density at radius 2 is 2.06 bits per heavy atom. The number of fused-ring (bicyclic) bond motifs is 1. The van der Waals surface area contributed by atoms with Crippen molar-refractivity contribution < 1.29 is 5.11 Å². The number of nitrogens with zero attached hydrogens (tertiary/aromatic N) is 4. The fourth-order valence-electron chi connectivity index (χ4n) is 4.16. The van der Waals surface area contributed by atoms with Crippen LogP contribution in [-0.4, -0.2) is 59.1 Å². The number of hydrogen-bond donors (Lipinski definition) is 3. The number of benzene rings is 2. The fourth-order valence-corrected chi connectivity index (χ4v) is 4.69. The van der Waals surface area contributed by atoms with Gasteiger partial charge in [0.05, 0.1) is 16.0 Å². The van der Waals surface area contributed by atoms with Gasteiger partial charge in [-0.1, -0.05) is 0 Å². The molecule has 0 radical (unpaired) electrons. The Balaban J connectivity index is 1.77. The number of aromatic hydroxyl groups is 1. The number of thioether (sulfide) groups is 1. The van der Waals surface area contributed by atoms with Crippen LogP contribution < -0.4 is 16.0 Å². The maximum absolute atomic E-state index is 10.8. The average Bonchev–Trinajstić information content (AvgIpc) is 2.79. The summed E-state index contributed by atoms with van der Waals surface area (Å²) in [5.41, 5.74) is 11.4. The van der Waals surface area contributed by atoms with E-state index in [4.69, 9.17) is 15.7 Å². The molecule has 0 bridgehead atoms. The van der Waals surface area contributed by atoms with Crippen LogP contribution in [0.25, 0.3) is 22.3 Å². The lowest BCUT2D eigenvalue weighted by atomic mass is 10.0. The minimum absolute atomic E-state index is 0.0344. The molecular weight excluding hydrogens is 420 g/mol. The first-order valence-electron chi connectivity index (χ1n) is 10.6. The van der Waals surface area contributed by atoms with Crippen LogP contribution in [0.5, 0.6) is 5.75 Å². The minimum Gasteiger partial charge on any atom is -0.507 e. The number of aryl methyl sites for hydroxylation is 1. The molecule has 4 N–H and O–H groups in total. The van der Waals surface area contributed by atoms with Crippen molar-refractivity contribution in [1.82, 2.24) is 15.3 Å². The largest absolute Gasteiger partial charge is 0.507 e. The van der Waals surface area contributed by atoms with Crippen molar-refractivity contribution in [3.05, 3.63) is 41.1 Å². The molecule has 32 heavy (non-hydrogen) atoms. The van der Waals surface area contributed by atoms with E-state index in [-0.39, 0.29) is 10.6 Å². The van der Waals surface area contributed by atoms with Crippen molar-refractivity contribution in [1.29, 1.82) is 0 Å². The van der Waals surface area contributed by atoms with Crippen molar-refractivity contribution in [2.75, 3.05) is 43.6 Å². The molecule has 1 saturated heterocycles. The number of nitrogens with one attached hydrogen (secondary N) is 1. The Morgan fingerprint density at radius 3 is 2.78 bits per heavy atom. The molecule has 0 aliphatic carbocycles. The van der Waals surface area contributed by atoms with Gasteiger partial charge in [-0.05, 0) is 51.3 Å². The van der Waals surface area contributed by atoms with E-state index in [1.54, 1.807) is 26.3 Å². The monoisotopic (exact) mass is 450 g/mol. The van der Waals surface area contributed by atoms with E-state index in [1.165, 1.54) is 5.69 Å². The molecule has 0 amide bonds. The Bertz CT molecular complexity index is 1210. The molecule has 1 unspecified atom stereocenters. The highest BCUT2D eigenvalue weighted by molar-refractivity contribution is 7.99. The lowest BCUT2D eigenvalue weighted by Crippen LogP contribution is -2.56. The third kappa shape index (κ3) is 4.00. The molecule has 0 spiro atoms. The van der Waals surface area contributed by atoms with Gasteiger partial charge in [-0.15, -0.1) is 11.8 Å². The topological polar surface area (TPSA) is 99.7 Å². The summed E-state index contributed by atoms with van der Waals surface area (Å²) in [6, 6.07) is 8.12. The van der Waals surface area contributed by atoms with Gasteiger partial charge in [-0.2, -0.15) is 0 Å². The second-order valence-electron chi connectivity index (χ2n) is 8.41. The molecule has 7 nitrogen and oxygen atoms in total. The van der Waals surface area contributed by atoms with Crippen LogP contribution in [0.2, 0.25) is 0 Å². The van der Waals surface area contributed by atoms with Crippen LogP contribution in [0.1, 0.15) is 23.7 Å². The van der Waals surface area contributed by atoms with Gasteiger partial charge in [0.1, 0.15) is 5.75 Å². The smallest absolute Gasteiger partial charge is 0.163 e. The van der Waals surface area contributed by atoms with Crippen molar-refractivity contribution in [3.8, 4) is 17.1 Å². The zero-order chi connectivity index (χ0) is 23.0. The van der Waals surface area contributed by atoms with Gasteiger partial charge < -0.3 is 15.7 Å². The summed E-state index contributed by atoms with van der Waals surface area (Å²) in [6.07, 6.45) is 3.82. The Hall–Kier alpha value is -2.84. The average molecular weight is 451 g/mol. The van der Waals surface area contributed by atoms with Crippen molar-refractivity contribution >= 4 is 40.3 Å². The van der Waals surface area contributed by atoms with Crippen molar-refractivity contribution in [2.24, 2.45) is 4.99 Å². The van der Waals surface area contributed by atoms with Crippen LogP contribution in [0.3, 0.4) is 0 Å². The molecule has 1 aliphatic rings. The number of nitrogens with two attached hydrogens (primary N) is 1. The molecule has 2 aromatic carbocycles. The Morgan fingerprint density at radius 1 is 1.28 bits per heavy atom. The normalized spacial score (nSPS) is 19.2. The number of aliphatic imine (C=N–C) groups is 1. The SMILES string of the molecule is CN=Cc1cc(-c2nc(C)c3cc(N4CCNC(C)(SC)C4)ccc3n2)c(O)c(C)c1N. The standard InChI is InChI=1S/C24H30N6OS/c1-14-21(25)16(12-26-4)10-19(22(14)31)23-28-15(2)18-11-17(6-7-20(18)29-23)30-9-8-27-24(3,13-30)32-5/h6-7,10-12,27,31H,8-9,13,25H2,1-5H3. The zero-order valence-electron chi connectivity index (χ0n) is 19.2. The first kappa shape index (κ1) is 22.4. The Labute approximate surface area is 193 Å². The summed E-state index contributed by atoms with van der Waals surface area (Å²) in [4.78, 5) is 16.0. The van der Waals surface area contributed by atoms with Gasteiger partial charge in [0.15, 0.2) is 5.82 Å². The summed E-state index contributed by atoms with van der Waals surface area (Å²) < 4.78 is 0. The molecule has 1 atom stereocenters. The molecule has 4 rings (SSSR count). The van der Waals surface area contributed by atoms with Crippen LogP contribution >= 0.6 is 11.8 Å². The van der Waals surface area contributed by atoms with Crippen molar-refractivity contribution in [3.63, 3.8) is 0 Å². The molecule has 1 fully saturated rings. The predicted octanol–water partition coefficient (Wildman–Crippen LogP) is 3.74. The van der Waals surface area contributed by atoms with Crippen LogP contribution in [0.4, 0.5) is 11.4 Å². The molecule has 1 aliphatic heterocycles. The summed E-state index contributed by atoms with van der Waals surface area (Å²) >= 11 is 1.84. The summed E-state index contributed by atoms with van der Waals surface area (Å²) in [6.45, 7) is 8.85.